The lowest BCUT2D eigenvalue weighted by Crippen LogP contribution is -2.21. The van der Waals surface area contributed by atoms with E-state index in [1.807, 2.05) is 36.4 Å². The molecule has 0 N–H and O–H groups in total. The van der Waals surface area contributed by atoms with Gasteiger partial charge in [0.1, 0.15) is 5.69 Å². The first-order chi connectivity index (χ1) is 13.2. The molecule has 0 amide bonds. The van der Waals surface area contributed by atoms with Crippen LogP contribution in [0.15, 0.2) is 65.5 Å². The molecule has 0 unspecified atom stereocenters. The van der Waals surface area contributed by atoms with Crippen LogP contribution in [0.2, 0.25) is 0 Å². The Kier molecular flexibility index (Phi) is 2.81. The Morgan fingerprint density at radius 1 is 0.926 bits per heavy atom. The largest absolute Gasteiger partial charge is 0.281 e. The zero-order valence-corrected chi connectivity index (χ0v) is 15.2. The molecule has 0 atom stereocenters. The molecule has 2 aromatic heterocycles. The van der Waals surface area contributed by atoms with Gasteiger partial charge in [-0.2, -0.15) is 9.78 Å². The molecular weight excluding hydrogens is 354 g/mol. The van der Waals surface area contributed by atoms with Crippen LogP contribution in [0.3, 0.4) is 0 Å². The van der Waals surface area contributed by atoms with Gasteiger partial charge in [0.05, 0.1) is 15.6 Å². The van der Waals surface area contributed by atoms with E-state index in [0.717, 1.165) is 38.0 Å². The maximum Gasteiger partial charge on any atom is 0.281 e. The first-order valence-corrected chi connectivity index (χ1v) is 9.56. The molecule has 27 heavy (non-hydrogen) atoms. The fourth-order valence-electron chi connectivity index (χ4n) is 3.87. The van der Waals surface area contributed by atoms with E-state index >= 15 is 0 Å². The third-order valence-electron chi connectivity index (χ3n) is 5.11. The zero-order chi connectivity index (χ0) is 18.1. The topological polar surface area (TPSA) is 47.8 Å². The van der Waals surface area contributed by atoms with E-state index in [1.54, 1.807) is 0 Å². The summed E-state index contributed by atoms with van der Waals surface area (Å²) in [5.74, 6) is 0. The normalized spacial score (nSPS) is 12.0. The maximum atomic E-state index is 13.2. The molecule has 0 saturated carbocycles. The first kappa shape index (κ1) is 14.8. The Hall–Kier alpha value is -3.31. The molecule has 0 radical (unpaired) electrons. The lowest BCUT2D eigenvalue weighted by atomic mass is 10.0. The van der Waals surface area contributed by atoms with Crippen LogP contribution >= 0.6 is 11.3 Å². The standard InChI is InChI=1S/C22H13N3OS/c1-12-9-10-17-18(11-12)27-22(23-17)25-21(26)16-8-4-7-14-13-5-2-3-6-15(13)20(24-25)19(14)16/h2-11H,1H3. The Labute approximate surface area is 158 Å². The van der Waals surface area contributed by atoms with Crippen molar-refractivity contribution in [2.75, 3.05) is 0 Å². The van der Waals surface area contributed by atoms with Crippen molar-refractivity contribution in [1.29, 1.82) is 0 Å². The molecule has 0 bridgehead atoms. The van der Waals surface area contributed by atoms with E-state index in [-0.39, 0.29) is 5.56 Å². The summed E-state index contributed by atoms with van der Waals surface area (Å²) < 4.78 is 2.52. The molecule has 2 heterocycles. The molecule has 6 rings (SSSR count). The van der Waals surface area contributed by atoms with E-state index in [0.29, 0.717) is 10.5 Å². The quantitative estimate of drug-likeness (QED) is 0.413. The fraction of sp³-hybridized carbons (Fsp3) is 0.0455. The van der Waals surface area contributed by atoms with Crippen molar-refractivity contribution in [2.45, 2.75) is 6.92 Å². The summed E-state index contributed by atoms with van der Waals surface area (Å²) in [6, 6.07) is 20.2. The van der Waals surface area contributed by atoms with Gasteiger partial charge in [0.25, 0.3) is 5.56 Å². The Bertz CT molecular complexity index is 1460. The number of thiazole rings is 1. The Balaban J connectivity index is 1.72. The maximum absolute atomic E-state index is 13.2. The zero-order valence-electron chi connectivity index (χ0n) is 14.4. The highest BCUT2D eigenvalue weighted by Gasteiger charge is 2.25. The average molecular weight is 367 g/mol. The highest BCUT2D eigenvalue weighted by molar-refractivity contribution is 7.20. The lowest BCUT2D eigenvalue weighted by molar-refractivity contribution is 0.821. The second kappa shape index (κ2) is 5.11. The SMILES string of the molecule is Cc1ccc2nc(-n3nc4c5c(cccc5c3=O)-c3ccccc3-4)sc2c1. The second-order valence-electron chi connectivity index (χ2n) is 6.81. The van der Waals surface area contributed by atoms with Crippen LogP contribution in [-0.2, 0) is 0 Å². The molecule has 3 aromatic carbocycles. The van der Waals surface area contributed by atoms with Gasteiger partial charge in [0.15, 0.2) is 0 Å². The van der Waals surface area contributed by atoms with Gasteiger partial charge in [-0.15, -0.1) is 0 Å². The van der Waals surface area contributed by atoms with Crippen LogP contribution in [0.25, 0.3) is 48.5 Å². The monoisotopic (exact) mass is 367 g/mol. The van der Waals surface area contributed by atoms with Crippen LogP contribution in [0.1, 0.15) is 5.56 Å². The van der Waals surface area contributed by atoms with Gasteiger partial charge in [-0.3, -0.25) is 4.79 Å². The molecule has 5 heteroatoms. The van der Waals surface area contributed by atoms with Gasteiger partial charge in [-0.1, -0.05) is 53.8 Å². The van der Waals surface area contributed by atoms with Crippen molar-refractivity contribution in [2.24, 2.45) is 0 Å². The van der Waals surface area contributed by atoms with Crippen LogP contribution in [-0.4, -0.2) is 14.8 Å². The summed E-state index contributed by atoms with van der Waals surface area (Å²) in [6.07, 6.45) is 0. The summed E-state index contributed by atoms with van der Waals surface area (Å²) in [5.41, 5.74) is 6.06. The van der Waals surface area contributed by atoms with Crippen molar-refractivity contribution >= 4 is 32.3 Å². The van der Waals surface area contributed by atoms with Gasteiger partial charge < -0.3 is 0 Å². The summed E-state index contributed by atoms with van der Waals surface area (Å²) in [4.78, 5) is 17.9. The Morgan fingerprint density at radius 3 is 2.63 bits per heavy atom. The molecule has 0 spiro atoms. The average Bonchev–Trinajstić information content (AvgIpc) is 3.24. The number of hydrogen-bond donors (Lipinski definition) is 0. The van der Waals surface area contributed by atoms with Crippen molar-refractivity contribution in [3.8, 4) is 27.5 Å². The minimum Gasteiger partial charge on any atom is -0.267 e. The highest BCUT2D eigenvalue weighted by atomic mass is 32.1. The first-order valence-electron chi connectivity index (χ1n) is 8.74. The number of fused-ring (bicyclic) bond motifs is 4. The Morgan fingerprint density at radius 2 is 1.74 bits per heavy atom. The second-order valence-corrected chi connectivity index (χ2v) is 7.82. The van der Waals surface area contributed by atoms with E-state index in [9.17, 15) is 4.79 Å². The number of benzene rings is 3. The van der Waals surface area contributed by atoms with E-state index in [2.05, 4.69) is 36.2 Å². The number of rotatable bonds is 1. The minimum absolute atomic E-state index is 0.126. The van der Waals surface area contributed by atoms with Gasteiger partial charge in [0.2, 0.25) is 5.13 Å². The predicted octanol–water partition coefficient (Wildman–Crippen LogP) is 4.95. The third kappa shape index (κ3) is 1.94. The van der Waals surface area contributed by atoms with Crippen molar-refractivity contribution in [3.63, 3.8) is 0 Å². The predicted molar refractivity (Wildman–Crippen MR) is 110 cm³/mol. The molecule has 0 fully saturated rings. The molecule has 128 valence electrons. The van der Waals surface area contributed by atoms with Gasteiger partial charge >= 0.3 is 0 Å². The van der Waals surface area contributed by atoms with Crippen molar-refractivity contribution in [3.05, 3.63) is 76.6 Å². The van der Waals surface area contributed by atoms with E-state index < -0.39 is 0 Å². The van der Waals surface area contributed by atoms with E-state index in [1.165, 1.54) is 21.6 Å². The van der Waals surface area contributed by atoms with Crippen molar-refractivity contribution < 1.29 is 0 Å². The summed E-state index contributed by atoms with van der Waals surface area (Å²) in [7, 11) is 0. The molecule has 4 nitrogen and oxygen atoms in total. The van der Waals surface area contributed by atoms with E-state index in [4.69, 9.17) is 5.10 Å². The fourth-order valence-corrected chi connectivity index (χ4v) is 4.89. The number of aryl methyl sites for hydroxylation is 1. The smallest absolute Gasteiger partial charge is 0.267 e. The van der Waals surface area contributed by atoms with Gasteiger partial charge in [-0.25, -0.2) is 4.98 Å². The molecule has 1 aliphatic carbocycles. The van der Waals surface area contributed by atoms with Crippen LogP contribution in [0.5, 0.6) is 0 Å². The lowest BCUT2D eigenvalue weighted by Gasteiger charge is -2.05. The summed E-state index contributed by atoms with van der Waals surface area (Å²) >= 11 is 1.49. The third-order valence-corrected chi connectivity index (χ3v) is 6.10. The van der Waals surface area contributed by atoms with Gasteiger partial charge in [0, 0.05) is 10.9 Å². The number of hydrogen-bond acceptors (Lipinski definition) is 4. The van der Waals surface area contributed by atoms with Gasteiger partial charge in [-0.05, 0) is 41.8 Å². The molecule has 0 saturated heterocycles. The summed E-state index contributed by atoms with van der Waals surface area (Å²) in [6.45, 7) is 2.05. The van der Waals surface area contributed by atoms with Crippen LogP contribution in [0, 0.1) is 6.92 Å². The minimum atomic E-state index is -0.126. The summed E-state index contributed by atoms with van der Waals surface area (Å²) in [5, 5.41) is 6.98. The van der Waals surface area contributed by atoms with Crippen LogP contribution < -0.4 is 5.56 Å². The number of aromatic nitrogens is 3. The molecular formula is C22H13N3OS. The van der Waals surface area contributed by atoms with Crippen LogP contribution in [0.4, 0.5) is 0 Å². The number of nitrogens with zero attached hydrogens (tertiary/aromatic N) is 3. The van der Waals surface area contributed by atoms with Crippen molar-refractivity contribution in [1.82, 2.24) is 14.8 Å². The molecule has 0 aliphatic heterocycles. The molecule has 5 aromatic rings. The molecule has 1 aliphatic rings. The highest BCUT2D eigenvalue weighted by Crippen LogP contribution is 2.45.